The smallest absolute Gasteiger partial charge is 0.237 e. The topological polar surface area (TPSA) is 74.3 Å². The zero-order valence-corrected chi connectivity index (χ0v) is 18.2. The normalized spacial score (nSPS) is 19.8. The molecule has 5 rings (SSSR count). The third-order valence-electron chi connectivity index (χ3n) is 6.13. The van der Waals surface area contributed by atoms with Crippen LogP contribution in [0.2, 0.25) is 0 Å². The summed E-state index contributed by atoms with van der Waals surface area (Å²) in [4.78, 5) is 21.5. The van der Waals surface area contributed by atoms with Crippen LogP contribution in [0.4, 0.5) is 0 Å². The second-order valence-electron chi connectivity index (χ2n) is 8.84. The maximum absolute atomic E-state index is 13.2. The first-order valence-corrected chi connectivity index (χ1v) is 11.3. The Labute approximate surface area is 188 Å². The summed E-state index contributed by atoms with van der Waals surface area (Å²) < 4.78 is 6.29. The van der Waals surface area contributed by atoms with Crippen molar-refractivity contribution in [2.24, 2.45) is 5.92 Å². The standard InChI is InChI=1S/C25H29N5O2/c31-24-17-29(14-22-12-27-28-25(22)21-6-2-1-3-7-21)15-23(32-18-19-8-9-19)16-30(24)13-20-5-4-10-26-11-20/h1-7,10-12,19,23H,8-9,13-18H2,(H,27,28). The Morgan fingerprint density at radius 2 is 1.91 bits per heavy atom. The van der Waals surface area contributed by atoms with Crippen LogP contribution >= 0.6 is 0 Å². The third-order valence-corrected chi connectivity index (χ3v) is 6.13. The second kappa shape index (κ2) is 9.63. The number of nitrogens with one attached hydrogen (secondary N) is 1. The number of benzene rings is 1. The van der Waals surface area contributed by atoms with E-state index in [1.807, 2.05) is 47.6 Å². The molecule has 2 aliphatic rings. The minimum Gasteiger partial charge on any atom is -0.375 e. The van der Waals surface area contributed by atoms with Gasteiger partial charge in [0.1, 0.15) is 0 Å². The van der Waals surface area contributed by atoms with Gasteiger partial charge in [-0.15, -0.1) is 0 Å². The highest BCUT2D eigenvalue weighted by Gasteiger charge is 2.31. The molecule has 1 saturated carbocycles. The van der Waals surface area contributed by atoms with Crippen LogP contribution < -0.4 is 0 Å². The van der Waals surface area contributed by atoms with Crippen molar-refractivity contribution in [1.82, 2.24) is 25.0 Å². The summed E-state index contributed by atoms with van der Waals surface area (Å²) in [5, 5.41) is 7.41. The van der Waals surface area contributed by atoms with E-state index in [1.54, 1.807) is 6.20 Å². The van der Waals surface area contributed by atoms with E-state index in [-0.39, 0.29) is 12.0 Å². The minimum atomic E-state index is -0.00852. The van der Waals surface area contributed by atoms with Crippen molar-refractivity contribution in [2.75, 3.05) is 26.2 Å². The molecule has 3 heterocycles. The van der Waals surface area contributed by atoms with Gasteiger partial charge in [-0.2, -0.15) is 5.10 Å². The predicted molar refractivity (Wildman–Crippen MR) is 121 cm³/mol. The largest absolute Gasteiger partial charge is 0.375 e. The van der Waals surface area contributed by atoms with Crippen LogP contribution in [0.15, 0.2) is 61.1 Å². The molecule has 32 heavy (non-hydrogen) atoms. The molecule has 7 heteroatoms. The molecule has 1 aliphatic heterocycles. The molecule has 3 aromatic rings. The summed E-state index contributed by atoms with van der Waals surface area (Å²) in [6.45, 7) is 3.69. The molecule has 0 radical (unpaired) electrons. The van der Waals surface area contributed by atoms with Gasteiger partial charge >= 0.3 is 0 Å². The average Bonchev–Trinajstić information content (AvgIpc) is 3.56. The fraction of sp³-hybridized carbons (Fsp3) is 0.400. The van der Waals surface area contributed by atoms with Gasteiger partial charge in [-0.25, -0.2) is 0 Å². The Hall–Kier alpha value is -3.03. The number of nitrogens with zero attached hydrogens (tertiary/aromatic N) is 4. The number of amides is 1. The lowest BCUT2D eigenvalue weighted by Gasteiger charge is -2.25. The second-order valence-corrected chi connectivity index (χ2v) is 8.84. The molecule has 0 bridgehead atoms. The molecule has 1 saturated heterocycles. The predicted octanol–water partition coefficient (Wildman–Crippen LogP) is 3.11. The Morgan fingerprint density at radius 3 is 2.69 bits per heavy atom. The van der Waals surface area contributed by atoms with E-state index in [9.17, 15) is 4.79 Å². The van der Waals surface area contributed by atoms with E-state index in [0.717, 1.165) is 35.5 Å². The fourth-order valence-corrected chi connectivity index (χ4v) is 4.22. The van der Waals surface area contributed by atoms with Crippen LogP contribution in [0.5, 0.6) is 0 Å². The van der Waals surface area contributed by atoms with Crippen molar-refractivity contribution in [3.8, 4) is 11.3 Å². The van der Waals surface area contributed by atoms with Crippen molar-refractivity contribution in [3.05, 3.63) is 72.2 Å². The number of aromatic amines is 1. The van der Waals surface area contributed by atoms with Crippen LogP contribution in [0.25, 0.3) is 11.3 Å². The molecule has 1 N–H and O–H groups in total. The van der Waals surface area contributed by atoms with Crippen molar-refractivity contribution < 1.29 is 9.53 Å². The molecule has 1 atom stereocenters. The summed E-state index contributed by atoms with van der Waals surface area (Å²) in [6.07, 6.45) is 7.95. The van der Waals surface area contributed by atoms with Gasteiger partial charge in [-0.05, 0) is 36.0 Å². The summed E-state index contributed by atoms with van der Waals surface area (Å²) in [6, 6.07) is 14.1. The number of carbonyl (C=O) groups is 1. The van der Waals surface area contributed by atoms with E-state index in [0.29, 0.717) is 32.1 Å². The molecule has 1 amide bonds. The summed E-state index contributed by atoms with van der Waals surface area (Å²) in [5.41, 5.74) is 4.23. The molecule has 1 unspecified atom stereocenters. The summed E-state index contributed by atoms with van der Waals surface area (Å²) in [7, 11) is 0. The minimum absolute atomic E-state index is 0.00852. The molecule has 1 aliphatic carbocycles. The highest BCUT2D eigenvalue weighted by Crippen LogP contribution is 2.30. The number of H-pyrrole nitrogens is 1. The van der Waals surface area contributed by atoms with E-state index < -0.39 is 0 Å². The average molecular weight is 432 g/mol. The first kappa shape index (κ1) is 20.8. The van der Waals surface area contributed by atoms with Gasteiger partial charge in [0.15, 0.2) is 0 Å². The maximum Gasteiger partial charge on any atom is 0.237 e. The number of carbonyl (C=O) groups excluding carboxylic acids is 1. The third kappa shape index (κ3) is 5.23. The van der Waals surface area contributed by atoms with Crippen molar-refractivity contribution >= 4 is 5.91 Å². The number of pyridine rings is 1. The van der Waals surface area contributed by atoms with Gasteiger partial charge < -0.3 is 9.64 Å². The van der Waals surface area contributed by atoms with Crippen molar-refractivity contribution in [3.63, 3.8) is 0 Å². The Bertz CT molecular complexity index is 1020. The quantitative estimate of drug-likeness (QED) is 0.593. The van der Waals surface area contributed by atoms with Crippen LogP contribution in [0, 0.1) is 5.92 Å². The van der Waals surface area contributed by atoms with Crippen LogP contribution in [-0.2, 0) is 22.6 Å². The van der Waals surface area contributed by atoms with Crippen molar-refractivity contribution in [2.45, 2.75) is 32.0 Å². The molecule has 1 aromatic carbocycles. The van der Waals surface area contributed by atoms with E-state index in [4.69, 9.17) is 4.74 Å². The number of rotatable bonds is 8. The van der Waals surface area contributed by atoms with E-state index in [1.165, 1.54) is 12.8 Å². The number of ether oxygens (including phenoxy) is 1. The Morgan fingerprint density at radius 1 is 1.03 bits per heavy atom. The zero-order valence-electron chi connectivity index (χ0n) is 18.2. The van der Waals surface area contributed by atoms with Crippen molar-refractivity contribution in [1.29, 1.82) is 0 Å². The molecule has 2 fully saturated rings. The monoisotopic (exact) mass is 431 g/mol. The maximum atomic E-state index is 13.2. The van der Waals surface area contributed by atoms with Gasteiger partial charge in [0.2, 0.25) is 5.91 Å². The van der Waals surface area contributed by atoms with E-state index >= 15 is 0 Å². The van der Waals surface area contributed by atoms with Crippen LogP contribution in [0.3, 0.4) is 0 Å². The molecule has 166 valence electrons. The first-order valence-electron chi connectivity index (χ1n) is 11.3. The molecular weight excluding hydrogens is 402 g/mol. The summed E-state index contributed by atoms with van der Waals surface area (Å²) in [5.74, 6) is 0.809. The Balaban J connectivity index is 1.32. The summed E-state index contributed by atoms with van der Waals surface area (Å²) >= 11 is 0. The van der Waals surface area contributed by atoms with Gasteiger partial charge in [0.25, 0.3) is 0 Å². The molecule has 2 aromatic heterocycles. The lowest BCUT2D eigenvalue weighted by Crippen LogP contribution is -2.37. The SMILES string of the molecule is O=C1CN(Cc2cn[nH]c2-c2ccccc2)CC(OCC2CC2)CN1Cc1cccnc1. The highest BCUT2D eigenvalue weighted by atomic mass is 16.5. The number of hydrogen-bond acceptors (Lipinski definition) is 5. The Kier molecular flexibility index (Phi) is 6.27. The zero-order chi connectivity index (χ0) is 21.8. The van der Waals surface area contributed by atoms with Gasteiger partial charge in [0.05, 0.1) is 24.5 Å². The lowest BCUT2D eigenvalue weighted by atomic mass is 10.1. The van der Waals surface area contributed by atoms with Gasteiger partial charge in [-0.1, -0.05) is 36.4 Å². The van der Waals surface area contributed by atoms with Crippen LogP contribution in [-0.4, -0.2) is 63.2 Å². The van der Waals surface area contributed by atoms with Crippen LogP contribution in [0.1, 0.15) is 24.0 Å². The van der Waals surface area contributed by atoms with Gasteiger partial charge in [0, 0.05) is 50.7 Å². The first-order chi connectivity index (χ1) is 15.7. The fourth-order valence-electron chi connectivity index (χ4n) is 4.22. The lowest BCUT2D eigenvalue weighted by molar-refractivity contribution is -0.132. The molecule has 0 spiro atoms. The number of aromatic nitrogens is 3. The number of hydrogen-bond donors (Lipinski definition) is 1. The van der Waals surface area contributed by atoms with E-state index in [2.05, 4.69) is 32.2 Å². The molecular formula is C25H29N5O2. The highest BCUT2D eigenvalue weighted by molar-refractivity contribution is 5.78. The molecule has 7 nitrogen and oxygen atoms in total. The van der Waals surface area contributed by atoms with Gasteiger partial charge in [-0.3, -0.25) is 19.8 Å².